The van der Waals surface area contributed by atoms with Crippen LogP contribution < -0.4 is 0 Å². The second-order valence-electron chi connectivity index (χ2n) is 2.62. The van der Waals surface area contributed by atoms with Crippen LogP contribution in [0.5, 0.6) is 0 Å². The van der Waals surface area contributed by atoms with E-state index >= 15 is 0 Å². The lowest BCUT2D eigenvalue weighted by atomic mass is 9.87. The van der Waals surface area contributed by atoms with E-state index in [0.717, 1.165) is 0 Å². The van der Waals surface area contributed by atoms with Gasteiger partial charge in [-0.1, -0.05) is 19.1 Å². The fourth-order valence-corrected chi connectivity index (χ4v) is 1.04. The van der Waals surface area contributed by atoms with Gasteiger partial charge in [0.25, 0.3) is 0 Å². The zero-order valence-corrected chi connectivity index (χ0v) is 5.43. The third-order valence-corrected chi connectivity index (χ3v) is 1.89. The van der Waals surface area contributed by atoms with Gasteiger partial charge in [-0.2, -0.15) is 0 Å². The van der Waals surface area contributed by atoms with Crippen LogP contribution in [0.2, 0.25) is 0 Å². The Kier molecular flexibility index (Phi) is 1.72. The number of hydrogen-bond donors (Lipinski definition) is 0. The Bertz CT molecular complexity index is 92.2. The van der Waals surface area contributed by atoms with Crippen molar-refractivity contribution in [1.82, 2.24) is 0 Å². The highest BCUT2D eigenvalue weighted by molar-refractivity contribution is 4.95. The highest BCUT2D eigenvalue weighted by Crippen LogP contribution is 2.22. The molecular weight excluding hydrogens is 96.1 g/mol. The fourth-order valence-electron chi connectivity index (χ4n) is 1.04. The van der Waals surface area contributed by atoms with E-state index in [4.69, 9.17) is 0 Å². The van der Waals surface area contributed by atoms with Gasteiger partial charge in [0, 0.05) is 0 Å². The minimum Gasteiger partial charge on any atom is -0.0882 e. The summed E-state index contributed by atoms with van der Waals surface area (Å²) in [5.74, 6) is 1.38. The van der Waals surface area contributed by atoms with Crippen molar-refractivity contribution in [2.45, 2.75) is 19.8 Å². The quantitative estimate of drug-likeness (QED) is 0.419. The molecule has 0 N–H and O–H groups in total. The molecule has 0 spiro atoms. The van der Waals surface area contributed by atoms with Gasteiger partial charge in [0.05, 0.1) is 0 Å². The molecule has 1 aliphatic rings. The van der Waals surface area contributed by atoms with Crippen LogP contribution in [-0.4, -0.2) is 0 Å². The summed E-state index contributed by atoms with van der Waals surface area (Å²) in [6.45, 7) is 6.26. The smallest absolute Gasteiger partial charge is 0.0233 e. The van der Waals surface area contributed by atoms with Gasteiger partial charge in [0.15, 0.2) is 0 Å². The maximum absolute atomic E-state index is 4.03. The van der Waals surface area contributed by atoms with Crippen LogP contribution in [0.15, 0.2) is 12.2 Å². The molecule has 0 aromatic heterocycles. The topological polar surface area (TPSA) is 0 Å². The Morgan fingerprint density at radius 2 is 2.38 bits per heavy atom. The van der Waals surface area contributed by atoms with E-state index in [0.29, 0.717) is 11.8 Å². The van der Waals surface area contributed by atoms with E-state index in [1.807, 2.05) is 0 Å². The molecule has 0 heterocycles. The van der Waals surface area contributed by atoms with Crippen molar-refractivity contribution >= 4 is 0 Å². The van der Waals surface area contributed by atoms with Crippen molar-refractivity contribution in [2.75, 3.05) is 0 Å². The predicted octanol–water partition coefficient (Wildman–Crippen LogP) is 2.42. The average Bonchev–Trinajstić information content (AvgIpc) is 1.77. The molecule has 0 heteroatoms. The third-order valence-electron chi connectivity index (χ3n) is 1.89. The van der Waals surface area contributed by atoms with Gasteiger partial charge in [0.1, 0.15) is 0 Å². The van der Waals surface area contributed by atoms with Crippen molar-refractivity contribution < 1.29 is 0 Å². The van der Waals surface area contributed by atoms with E-state index in [1.54, 1.807) is 0 Å². The molecule has 0 fully saturated rings. The number of allylic oxidation sites excluding steroid dienone is 2. The van der Waals surface area contributed by atoms with Crippen LogP contribution in [0, 0.1) is 18.8 Å². The van der Waals surface area contributed by atoms with E-state index in [-0.39, 0.29) is 0 Å². The summed E-state index contributed by atoms with van der Waals surface area (Å²) in [7, 11) is 0. The standard InChI is InChI=1S/C8H13/c1-7-5-3-4-6-8(7)2/h4,6-8H,1,3,5H2,2H3. The first kappa shape index (κ1) is 5.87. The van der Waals surface area contributed by atoms with Gasteiger partial charge < -0.3 is 0 Å². The summed E-state index contributed by atoms with van der Waals surface area (Å²) in [6, 6.07) is 0. The molecule has 0 aliphatic heterocycles. The van der Waals surface area contributed by atoms with Crippen LogP contribution in [0.4, 0.5) is 0 Å². The molecule has 45 valence electrons. The molecule has 0 amide bonds. The fraction of sp³-hybridized carbons (Fsp3) is 0.625. The molecule has 0 saturated carbocycles. The average molecular weight is 109 g/mol. The second-order valence-corrected chi connectivity index (χ2v) is 2.62. The van der Waals surface area contributed by atoms with E-state index in [1.165, 1.54) is 12.8 Å². The van der Waals surface area contributed by atoms with Crippen LogP contribution >= 0.6 is 0 Å². The molecule has 1 aliphatic carbocycles. The zero-order valence-electron chi connectivity index (χ0n) is 5.43. The normalized spacial score (nSPS) is 37.8. The van der Waals surface area contributed by atoms with Crippen LogP contribution in [0.1, 0.15) is 19.8 Å². The second kappa shape index (κ2) is 2.34. The summed E-state index contributed by atoms with van der Waals surface area (Å²) < 4.78 is 0. The van der Waals surface area contributed by atoms with Gasteiger partial charge in [0.2, 0.25) is 0 Å². The van der Waals surface area contributed by atoms with E-state index in [2.05, 4.69) is 26.0 Å². The SMILES string of the molecule is [CH2]C1CCC=CC1C. The molecule has 0 bridgehead atoms. The van der Waals surface area contributed by atoms with Gasteiger partial charge in [-0.15, -0.1) is 0 Å². The highest BCUT2D eigenvalue weighted by Gasteiger charge is 2.10. The van der Waals surface area contributed by atoms with Gasteiger partial charge in [-0.25, -0.2) is 0 Å². The molecule has 0 aromatic carbocycles. The Labute approximate surface area is 51.6 Å². The highest BCUT2D eigenvalue weighted by atomic mass is 14.2. The van der Waals surface area contributed by atoms with Gasteiger partial charge in [-0.3, -0.25) is 0 Å². The molecule has 1 rings (SSSR count). The van der Waals surface area contributed by atoms with Crippen LogP contribution in [0.3, 0.4) is 0 Å². The first-order valence-electron chi connectivity index (χ1n) is 3.30. The lowest BCUT2D eigenvalue weighted by molar-refractivity contribution is 0.456. The first-order valence-corrected chi connectivity index (χ1v) is 3.30. The molecule has 2 unspecified atom stereocenters. The molecule has 0 aromatic rings. The minimum absolute atomic E-state index is 0.667. The van der Waals surface area contributed by atoms with Crippen LogP contribution in [-0.2, 0) is 0 Å². The van der Waals surface area contributed by atoms with Gasteiger partial charge >= 0.3 is 0 Å². The molecule has 0 saturated heterocycles. The Morgan fingerprint density at radius 3 is 2.75 bits per heavy atom. The molecule has 2 atom stereocenters. The largest absolute Gasteiger partial charge is 0.0882 e. The van der Waals surface area contributed by atoms with E-state index < -0.39 is 0 Å². The third kappa shape index (κ3) is 1.12. The van der Waals surface area contributed by atoms with Crippen molar-refractivity contribution in [3.05, 3.63) is 19.1 Å². The molecule has 0 nitrogen and oxygen atoms in total. The number of hydrogen-bond acceptors (Lipinski definition) is 0. The van der Waals surface area contributed by atoms with Crippen molar-refractivity contribution in [2.24, 2.45) is 11.8 Å². The van der Waals surface area contributed by atoms with Crippen molar-refractivity contribution in [1.29, 1.82) is 0 Å². The monoisotopic (exact) mass is 109 g/mol. The molecular formula is C8H13. The van der Waals surface area contributed by atoms with Crippen molar-refractivity contribution in [3.8, 4) is 0 Å². The molecule has 1 radical (unpaired) electrons. The van der Waals surface area contributed by atoms with Crippen LogP contribution in [0.25, 0.3) is 0 Å². The predicted molar refractivity (Wildman–Crippen MR) is 36.4 cm³/mol. The Morgan fingerprint density at radius 1 is 1.62 bits per heavy atom. The first-order chi connectivity index (χ1) is 3.80. The maximum Gasteiger partial charge on any atom is -0.0233 e. The summed E-state index contributed by atoms with van der Waals surface area (Å²) in [5.41, 5.74) is 0. The number of rotatable bonds is 0. The summed E-state index contributed by atoms with van der Waals surface area (Å²) in [5, 5.41) is 0. The Hall–Kier alpha value is -0.260. The zero-order chi connectivity index (χ0) is 5.98. The lowest BCUT2D eigenvalue weighted by Crippen LogP contribution is -2.08. The molecule has 8 heavy (non-hydrogen) atoms. The Balaban J connectivity index is 2.47. The summed E-state index contributed by atoms with van der Waals surface area (Å²) >= 11 is 0. The lowest BCUT2D eigenvalue weighted by Gasteiger charge is -2.18. The van der Waals surface area contributed by atoms with Gasteiger partial charge in [-0.05, 0) is 31.6 Å². The van der Waals surface area contributed by atoms with E-state index in [9.17, 15) is 0 Å². The maximum atomic E-state index is 4.03. The van der Waals surface area contributed by atoms with Crippen molar-refractivity contribution in [3.63, 3.8) is 0 Å². The summed E-state index contributed by atoms with van der Waals surface area (Å²) in [4.78, 5) is 0. The summed E-state index contributed by atoms with van der Waals surface area (Å²) in [6.07, 6.45) is 7.03. The minimum atomic E-state index is 0.667.